The molecule has 6 heteroatoms. The third kappa shape index (κ3) is 7.68. The van der Waals surface area contributed by atoms with E-state index in [2.05, 4.69) is 52.1 Å². The Labute approximate surface area is 235 Å². The number of nitrogens with one attached hydrogen (secondary N) is 1. The fourth-order valence-corrected chi connectivity index (χ4v) is 6.28. The van der Waals surface area contributed by atoms with Crippen molar-refractivity contribution in [3.8, 4) is 0 Å². The molecule has 3 aliphatic rings. The third-order valence-electron chi connectivity index (χ3n) is 8.68. The summed E-state index contributed by atoms with van der Waals surface area (Å²) in [6.07, 6.45) is 13.5. The van der Waals surface area contributed by atoms with Gasteiger partial charge in [0.2, 0.25) is 5.91 Å². The molecule has 216 valence electrons. The van der Waals surface area contributed by atoms with Gasteiger partial charge in [0.15, 0.2) is 12.0 Å². The first-order valence-electron chi connectivity index (χ1n) is 14.5. The summed E-state index contributed by atoms with van der Waals surface area (Å²) in [5.74, 6) is -0.473. The number of carbonyl (C=O) groups is 2. The number of hydrogen-bond donors (Lipinski definition) is 1. The molecule has 3 aliphatic heterocycles. The Kier molecular flexibility index (Phi) is 11.1. The highest BCUT2D eigenvalue weighted by atomic mass is 16.6. The molecule has 4 bridgehead atoms. The maximum absolute atomic E-state index is 13.6. The van der Waals surface area contributed by atoms with Crippen molar-refractivity contribution < 1.29 is 23.8 Å². The number of fused-ring (bicyclic) bond motifs is 1. The van der Waals surface area contributed by atoms with E-state index in [0.29, 0.717) is 5.57 Å². The first kappa shape index (κ1) is 31.3. The van der Waals surface area contributed by atoms with Crippen LogP contribution in [0.1, 0.15) is 68.2 Å². The maximum atomic E-state index is 13.6. The summed E-state index contributed by atoms with van der Waals surface area (Å²) in [5, 5.41) is 3.07. The Bertz CT molecular complexity index is 1040. The van der Waals surface area contributed by atoms with E-state index in [0.717, 1.165) is 18.4 Å². The molecule has 3 heterocycles. The predicted octanol–water partition coefficient (Wildman–Crippen LogP) is 6.10. The zero-order chi connectivity index (χ0) is 28.9. The Morgan fingerprint density at radius 1 is 1.00 bits per heavy atom. The highest BCUT2D eigenvalue weighted by molar-refractivity contribution is 5.93. The van der Waals surface area contributed by atoms with Crippen molar-refractivity contribution in [2.75, 3.05) is 7.11 Å². The molecule has 0 saturated heterocycles. The smallest absolute Gasteiger partial charge is 0.248 e. The average molecular weight is 540 g/mol. The Morgan fingerprint density at radius 2 is 1.72 bits per heavy atom. The standard InChI is InChI=1S/C33H49NO5/c1-10-28-21(4)14-15-27(35)25(8)31-24(7)26-18-19(2)12-11-13-29(37-9)33(39-31)34-32(36)23(6)17-20(3)16-22(5)30(26)38-28/h11-17,21-22,24-26,28-31,33H,10,18H2,1-9H3,(H,34,36). The number of carbonyl (C=O) groups excluding carboxylic acids is 2. The monoisotopic (exact) mass is 539 g/mol. The topological polar surface area (TPSA) is 73.9 Å². The van der Waals surface area contributed by atoms with Gasteiger partial charge >= 0.3 is 0 Å². The van der Waals surface area contributed by atoms with Gasteiger partial charge in [-0.2, -0.15) is 0 Å². The van der Waals surface area contributed by atoms with E-state index < -0.39 is 24.4 Å². The lowest BCUT2D eigenvalue weighted by Gasteiger charge is -2.42. The minimum absolute atomic E-state index is 0.0201. The second-order valence-electron chi connectivity index (χ2n) is 11.9. The molecule has 0 aromatic heterocycles. The van der Waals surface area contributed by atoms with Crippen molar-refractivity contribution in [3.63, 3.8) is 0 Å². The molecule has 0 aromatic carbocycles. The molecule has 0 spiro atoms. The summed E-state index contributed by atoms with van der Waals surface area (Å²) < 4.78 is 19.7. The summed E-state index contributed by atoms with van der Waals surface area (Å²) in [4.78, 5) is 26.9. The van der Waals surface area contributed by atoms with Gasteiger partial charge in [-0.3, -0.25) is 9.59 Å². The molecule has 0 fully saturated rings. The molecular formula is C33H49NO5. The van der Waals surface area contributed by atoms with Crippen LogP contribution in [0.4, 0.5) is 0 Å². The Morgan fingerprint density at radius 3 is 2.38 bits per heavy atom. The molecule has 10 unspecified atom stereocenters. The molecule has 0 aromatic rings. The van der Waals surface area contributed by atoms with Crippen molar-refractivity contribution in [3.05, 3.63) is 59.3 Å². The van der Waals surface area contributed by atoms with Crippen molar-refractivity contribution in [1.29, 1.82) is 0 Å². The molecule has 10 atom stereocenters. The van der Waals surface area contributed by atoms with Gasteiger partial charge in [-0.05, 0) is 51.5 Å². The quantitative estimate of drug-likeness (QED) is 0.459. The van der Waals surface area contributed by atoms with Gasteiger partial charge in [-0.25, -0.2) is 0 Å². The lowest BCUT2D eigenvalue weighted by molar-refractivity contribution is -0.159. The molecule has 0 aliphatic carbocycles. The van der Waals surface area contributed by atoms with E-state index >= 15 is 0 Å². The first-order chi connectivity index (χ1) is 18.5. The van der Waals surface area contributed by atoms with Gasteiger partial charge in [-0.15, -0.1) is 0 Å². The number of ketones is 1. The molecule has 6 nitrogen and oxygen atoms in total. The van der Waals surface area contributed by atoms with Gasteiger partial charge in [0.05, 0.1) is 18.3 Å². The molecule has 39 heavy (non-hydrogen) atoms. The summed E-state index contributed by atoms with van der Waals surface area (Å²) >= 11 is 0. The zero-order valence-corrected chi connectivity index (χ0v) is 25.3. The molecule has 0 radical (unpaired) electrons. The summed E-state index contributed by atoms with van der Waals surface area (Å²) in [6.45, 7) is 16.6. The van der Waals surface area contributed by atoms with Gasteiger partial charge in [0, 0.05) is 30.4 Å². The van der Waals surface area contributed by atoms with Crippen LogP contribution in [0.15, 0.2) is 59.3 Å². The number of rotatable bonds is 2. The third-order valence-corrected chi connectivity index (χ3v) is 8.68. The number of hydrogen-bond acceptors (Lipinski definition) is 5. The van der Waals surface area contributed by atoms with Crippen LogP contribution >= 0.6 is 0 Å². The largest absolute Gasteiger partial charge is 0.373 e. The van der Waals surface area contributed by atoms with Gasteiger partial charge < -0.3 is 19.5 Å². The number of amides is 1. The maximum Gasteiger partial charge on any atom is 0.248 e. The molecule has 1 amide bonds. The van der Waals surface area contributed by atoms with Crippen LogP contribution in [-0.4, -0.2) is 49.4 Å². The fraction of sp³-hybridized carbons (Fsp3) is 0.636. The van der Waals surface area contributed by atoms with Crippen LogP contribution in [0.3, 0.4) is 0 Å². The minimum atomic E-state index is -0.782. The Hall–Kier alpha value is -2.28. The van der Waals surface area contributed by atoms with Crippen LogP contribution in [0, 0.1) is 29.6 Å². The Balaban J connectivity index is 2.33. The molecule has 0 saturated carbocycles. The SMILES string of the molecule is CCC1OC2C(C)C=C(C)C=C(C)C(=O)NC3OC(C(C)C(=O)C=CC1C)C(C)C2CC(C)=CC=CC3OC. The minimum Gasteiger partial charge on any atom is -0.373 e. The molecule has 3 rings (SSSR count). The lowest BCUT2D eigenvalue weighted by Crippen LogP contribution is -2.52. The molecular weight excluding hydrogens is 490 g/mol. The van der Waals surface area contributed by atoms with Crippen LogP contribution in [0.5, 0.6) is 0 Å². The van der Waals surface area contributed by atoms with Crippen molar-refractivity contribution in [2.24, 2.45) is 29.6 Å². The van der Waals surface area contributed by atoms with Crippen molar-refractivity contribution >= 4 is 11.7 Å². The van der Waals surface area contributed by atoms with Gasteiger partial charge in [0.1, 0.15) is 6.10 Å². The fourth-order valence-electron chi connectivity index (χ4n) is 6.28. The van der Waals surface area contributed by atoms with Crippen LogP contribution in [0.25, 0.3) is 0 Å². The van der Waals surface area contributed by atoms with Crippen LogP contribution < -0.4 is 5.32 Å². The van der Waals surface area contributed by atoms with E-state index in [4.69, 9.17) is 14.2 Å². The number of allylic oxidation sites excluding steroid dienone is 6. The normalized spacial score (nSPS) is 38.8. The van der Waals surface area contributed by atoms with E-state index in [-0.39, 0.29) is 47.6 Å². The van der Waals surface area contributed by atoms with Crippen LogP contribution in [0.2, 0.25) is 0 Å². The first-order valence-corrected chi connectivity index (χ1v) is 14.5. The number of methoxy groups -OCH3 is 1. The summed E-state index contributed by atoms with van der Waals surface area (Å²) in [6, 6.07) is 0. The summed E-state index contributed by atoms with van der Waals surface area (Å²) in [7, 11) is 1.61. The van der Waals surface area contributed by atoms with Gasteiger partial charge in [-0.1, -0.05) is 82.2 Å². The molecule has 1 N–H and O–H groups in total. The second kappa shape index (κ2) is 13.9. The lowest BCUT2D eigenvalue weighted by atomic mass is 9.73. The second-order valence-corrected chi connectivity index (χ2v) is 11.9. The van der Waals surface area contributed by atoms with E-state index in [9.17, 15) is 9.59 Å². The average Bonchev–Trinajstić information content (AvgIpc) is 2.91. The summed E-state index contributed by atoms with van der Waals surface area (Å²) in [5.41, 5.74) is 2.81. The zero-order valence-electron chi connectivity index (χ0n) is 25.3. The van der Waals surface area contributed by atoms with E-state index in [1.54, 1.807) is 13.2 Å². The van der Waals surface area contributed by atoms with Crippen LogP contribution in [-0.2, 0) is 23.8 Å². The highest BCUT2D eigenvalue weighted by Gasteiger charge is 2.42. The van der Waals surface area contributed by atoms with Gasteiger partial charge in [0.25, 0.3) is 0 Å². The highest BCUT2D eigenvalue weighted by Crippen LogP contribution is 2.39. The van der Waals surface area contributed by atoms with E-state index in [1.807, 2.05) is 45.1 Å². The predicted molar refractivity (Wildman–Crippen MR) is 156 cm³/mol. The van der Waals surface area contributed by atoms with Crippen molar-refractivity contribution in [2.45, 2.75) is 98.9 Å². The van der Waals surface area contributed by atoms with Crippen molar-refractivity contribution in [1.82, 2.24) is 5.32 Å². The van der Waals surface area contributed by atoms with E-state index in [1.165, 1.54) is 5.57 Å². The number of ether oxygens (including phenoxy) is 3.